The molecule has 0 heterocycles. The molecule has 0 aromatic rings. The van der Waals surface area contributed by atoms with Crippen LogP contribution in [0.5, 0.6) is 0 Å². The average molecular weight is 204 g/mol. The summed E-state index contributed by atoms with van der Waals surface area (Å²) in [6.45, 7) is 4.86. The fourth-order valence-electron chi connectivity index (χ4n) is 0.879. The molecule has 0 unspecified atom stereocenters. The van der Waals surface area contributed by atoms with Gasteiger partial charge in [-0.3, -0.25) is 4.79 Å². The summed E-state index contributed by atoms with van der Waals surface area (Å²) >= 11 is 0. The Kier molecular flexibility index (Phi) is 6.44. The molecule has 0 saturated carbocycles. The highest BCUT2D eigenvalue weighted by molar-refractivity contribution is 5.72. The Bertz CT molecular complexity index is 169. The molecule has 0 radical (unpaired) electrons. The van der Waals surface area contributed by atoms with Crippen LogP contribution in [-0.2, 0) is 4.79 Å². The van der Waals surface area contributed by atoms with E-state index in [0.29, 0.717) is 19.6 Å². The molecule has 0 atom stereocenters. The number of aliphatic hydroxyl groups is 2. The summed E-state index contributed by atoms with van der Waals surface area (Å²) in [5, 5.41) is 23.6. The minimum absolute atomic E-state index is 0.0566. The molecule has 5 nitrogen and oxygen atoms in total. The van der Waals surface area contributed by atoms with Crippen LogP contribution in [0, 0.1) is 5.41 Å². The monoisotopic (exact) mass is 204 g/mol. The van der Waals surface area contributed by atoms with Crippen LogP contribution in [-0.4, -0.2) is 49.0 Å². The zero-order chi connectivity index (χ0) is 11.0. The van der Waals surface area contributed by atoms with Crippen LogP contribution in [0.15, 0.2) is 0 Å². The van der Waals surface area contributed by atoms with E-state index in [0.717, 1.165) is 0 Å². The van der Waals surface area contributed by atoms with Crippen molar-refractivity contribution in [3.8, 4) is 0 Å². The summed E-state index contributed by atoms with van der Waals surface area (Å²) in [4.78, 5) is 10.5. The number of hydrogen-bond donors (Lipinski definition) is 4. The molecular weight excluding hydrogens is 184 g/mol. The summed E-state index contributed by atoms with van der Waals surface area (Å²) < 4.78 is 0. The quantitative estimate of drug-likeness (QED) is 0.389. The first-order valence-corrected chi connectivity index (χ1v) is 4.71. The second-order valence-electron chi connectivity index (χ2n) is 3.79. The van der Waals surface area contributed by atoms with E-state index in [1.54, 1.807) is 6.92 Å². The van der Waals surface area contributed by atoms with Crippen molar-refractivity contribution in [2.75, 3.05) is 32.8 Å². The number of nitrogens with one attached hydrogen (secondary N) is 2. The molecule has 0 bridgehead atoms. The Morgan fingerprint density at radius 2 is 1.86 bits per heavy atom. The number of carbonyl (C=O) groups is 1. The number of rotatable bonds is 7. The van der Waals surface area contributed by atoms with Gasteiger partial charge in [-0.2, -0.15) is 0 Å². The molecule has 1 amide bonds. The van der Waals surface area contributed by atoms with Gasteiger partial charge in [0.15, 0.2) is 0 Å². The van der Waals surface area contributed by atoms with E-state index in [9.17, 15) is 4.79 Å². The lowest BCUT2D eigenvalue weighted by molar-refractivity contribution is -0.118. The largest absolute Gasteiger partial charge is 0.396 e. The zero-order valence-corrected chi connectivity index (χ0v) is 8.84. The van der Waals surface area contributed by atoms with Crippen molar-refractivity contribution in [2.45, 2.75) is 13.8 Å². The van der Waals surface area contributed by atoms with E-state index >= 15 is 0 Å². The maximum atomic E-state index is 10.5. The van der Waals surface area contributed by atoms with Crippen LogP contribution in [0.25, 0.3) is 0 Å². The van der Waals surface area contributed by atoms with Crippen LogP contribution >= 0.6 is 0 Å². The molecule has 0 aliphatic rings. The zero-order valence-electron chi connectivity index (χ0n) is 8.84. The Hall–Kier alpha value is -0.650. The van der Waals surface area contributed by atoms with Gasteiger partial charge in [-0.05, 0) is 0 Å². The topological polar surface area (TPSA) is 81.6 Å². The predicted molar refractivity (Wildman–Crippen MR) is 53.8 cm³/mol. The van der Waals surface area contributed by atoms with Crippen LogP contribution in [0.1, 0.15) is 13.8 Å². The molecule has 0 aromatic heterocycles. The van der Waals surface area contributed by atoms with E-state index < -0.39 is 5.41 Å². The van der Waals surface area contributed by atoms with E-state index in [1.807, 2.05) is 0 Å². The molecule has 0 aliphatic carbocycles. The molecule has 4 N–H and O–H groups in total. The van der Waals surface area contributed by atoms with Crippen LogP contribution in [0.3, 0.4) is 0 Å². The fraction of sp³-hybridized carbons (Fsp3) is 0.889. The van der Waals surface area contributed by atoms with Crippen molar-refractivity contribution in [3.05, 3.63) is 0 Å². The van der Waals surface area contributed by atoms with Crippen molar-refractivity contribution in [3.63, 3.8) is 0 Å². The normalized spacial score (nSPS) is 11.4. The van der Waals surface area contributed by atoms with Gasteiger partial charge in [-0.15, -0.1) is 0 Å². The lowest BCUT2D eigenvalue weighted by Crippen LogP contribution is -2.40. The first-order chi connectivity index (χ1) is 6.54. The molecule has 0 spiro atoms. The number of aliphatic hydroxyl groups excluding tert-OH is 2. The van der Waals surface area contributed by atoms with Gasteiger partial charge in [0.1, 0.15) is 0 Å². The minimum atomic E-state index is -0.490. The summed E-state index contributed by atoms with van der Waals surface area (Å²) in [6.07, 6.45) is 0. The summed E-state index contributed by atoms with van der Waals surface area (Å²) in [5.74, 6) is -0.0566. The van der Waals surface area contributed by atoms with Crippen molar-refractivity contribution in [2.24, 2.45) is 5.41 Å². The van der Waals surface area contributed by atoms with Crippen LogP contribution in [0.2, 0.25) is 0 Å². The van der Waals surface area contributed by atoms with Gasteiger partial charge in [-0.25, -0.2) is 0 Å². The molecular formula is C9H20N2O3. The summed E-state index contributed by atoms with van der Waals surface area (Å²) in [7, 11) is 0. The Morgan fingerprint density at radius 3 is 2.29 bits per heavy atom. The van der Waals surface area contributed by atoms with Crippen molar-refractivity contribution in [1.82, 2.24) is 10.6 Å². The smallest absolute Gasteiger partial charge is 0.216 e. The Labute approximate surface area is 84.5 Å². The van der Waals surface area contributed by atoms with Crippen LogP contribution in [0.4, 0.5) is 0 Å². The molecule has 0 rings (SSSR count). The van der Waals surface area contributed by atoms with Crippen molar-refractivity contribution < 1.29 is 15.0 Å². The van der Waals surface area contributed by atoms with Gasteiger partial charge in [0, 0.05) is 32.0 Å². The average Bonchev–Trinajstić information content (AvgIpc) is 2.16. The maximum absolute atomic E-state index is 10.5. The maximum Gasteiger partial charge on any atom is 0.216 e. The van der Waals surface area contributed by atoms with Gasteiger partial charge < -0.3 is 20.8 Å². The van der Waals surface area contributed by atoms with E-state index in [1.165, 1.54) is 6.92 Å². The van der Waals surface area contributed by atoms with Gasteiger partial charge in [0.2, 0.25) is 5.91 Å². The molecule has 0 saturated heterocycles. The Morgan fingerprint density at radius 1 is 1.29 bits per heavy atom. The van der Waals surface area contributed by atoms with Gasteiger partial charge in [-0.1, -0.05) is 6.92 Å². The molecule has 14 heavy (non-hydrogen) atoms. The molecule has 5 heteroatoms. The molecule has 0 aliphatic heterocycles. The third-order valence-corrected chi connectivity index (χ3v) is 1.99. The third-order valence-electron chi connectivity index (χ3n) is 1.99. The molecule has 0 fully saturated rings. The van der Waals surface area contributed by atoms with E-state index in [-0.39, 0.29) is 19.1 Å². The van der Waals surface area contributed by atoms with Gasteiger partial charge in [0.25, 0.3) is 0 Å². The Balaban J connectivity index is 3.47. The summed E-state index contributed by atoms with van der Waals surface area (Å²) in [5.41, 5.74) is -0.490. The second kappa shape index (κ2) is 6.75. The third kappa shape index (κ3) is 5.90. The number of carbonyl (C=O) groups excluding carboxylic acids is 1. The highest BCUT2D eigenvalue weighted by atomic mass is 16.3. The lowest BCUT2D eigenvalue weighted by atomic mass is 9.93. The number of amides is 1. The van der Waals surface area contributed by atoms with E-state index in [2.05, 4.69) is 10.6 Å². The number of hydrogen-bond acceptors (Lipinski definition) is 4. The highest BCUT2D eigenvalue weighted by Gasteiger charge is 2.21. The lowest BCUT2D eigenvalue weighted by Gasteiger charge is -2.24. The standard InChI is InChI=1S/C9H20N2O3/c1-8(14)11-4-3-10-5-9(2,6-12)7-13/h10,12-13H,3-7H2,1-2H3,(H,11,14). The highest BCUT2D eigenvalue weighted by Crippen LogP contribution is 2.11. The first kappa shape index (κ1) is 13.4. The minimum Gasteiger partial charge on any atom is -0.396 e. The SMILES string of the molecule is CC(=O)NCCNCC(C)(CO)CO. The summed E-state index contributed by atoms with van der Waals surface area (Å²) in [6, 6.07) is 0. The van der Waals surface area contributed by atoms with E-state index in [4.69, 9.17) is 10.2 Å². The fourth-order valence-corrected chi connectivity index (χ4v) is 0.879. The van der Waals surface area contributed by atoms with Crippen molar-refractivity contribution >= 4 is 5.91 Å². The van der Waals surface area contributed by atoms with Crippen LogP contribution < -0.4 is 10.6 Å². The van der Waals surface area contributed by atoms with Crippen molar-refractivity contribution in [1.29, 1.82) is 0 Å². The first-order valence-electron chi connectivity index (χ1n) is 4.71. The van der Waals surface area contributed by atoms with Gasteiger partial charge >= 0.3 is 0 Å². The molecule has 84 valence electrons. The molecule has 0 aromatic carbocycles. The van der Waals surface area contributed by atoms with Gasteiger partial charge in [0.05, 0.1) is 13.2 Å². The second-order valence-corrected chi connectivity index (χ2v) is 3.79. The predicted octanol–water partition coefficient (Wildman–Crippen LogP) is -1.30.